The summed E-state index contributed by atoms with van der Waals surface area (Å²) in [5.41, 5.74) is 0.318. The smallest absolute Gasteiger partial charge is 0.248 e. The molecule has 1 atom stereocenters. The largest absolute Gasteiger partial charge is 0.396 e. The molecule has 0 spiro atoms. The molecule has 0 aliphatic rings. The molecule has 2 N–H and O–H groups in total. The van der Waals surface area contributed by atoms with E-state index < -0.39 is 27.1 Å². The molecule has 148 valence electrons. The van der Waals surface area contributed by atoms with Crippen molar-refractivity contribution in [1.29, 1.82) is 0 Å². The molecule has 0 aliphatic heterocycles. The fourth-order valence-corrected chi connectivity index (χ4v) is 4.18. The Morgan fingerprint density at radius 3 is 2.30 bits per heavy atom. The number of carbonyl (C=O) groups excluding carboxylic acids is 1. The molecular weight excluding hydrogens is 392 g/mol. The third-order valence-corrected chi connectivity index (χ3v) is 7.02. The van der Waals surface area contributed by atoms with Crippen molar-refractivity contribution in [1.82, 2.24) is 5.16 Å². The van der Waals surface area contributed by atoms with Gasteiger partial charge >= 0.3 is 0 Å². The zero-order valence-electron chi connectivity index (χ0n) is 15.6. The standard InChI is InChI=1S/C18H23ClN2O5S/c1-17(2,3)14-11-15(26-21-14)20-16(23)18(4,9-10-22)27(24,25)13-7-5-12(19)6-8-13/h5-8,11,22H,9-10H2,1-4H3,(H,20,23). The first-order valence-electron chi connectivity index (χ1n) is 8.31. The second kappa shape index (κ2) is 7.61. The van der Waals surface area contributed by atoms with Crippen molar-refractivity contribution in [3.8, 4) is 0 Å². The molecule has 9 heteroatoms. The van der Waals surface area contributed by atoms with Gasteiger partial charge in [-0.25, -0.2) is 8.42 Å². The number of anilines is 1. The molecule has 0 aliphatic carbocycles. The van der Waals surface area contributed by atoms with Gasteiger partial charge in [0.2, 0.25) is 11.8 Å². The number of rotatable bonds is 6. The average molecular weight is 415 g/mol. The van der Waals surface area contributed by atoms with E-state index in [0.29, 0.717) is 10.7 Å². The lowest BCUT2D eigenvalue weighted by Gasteiger charge is -2.27. The van der Waals surface area contributed by atoms with E-state index in [2.05, 4.69) is 10.5 Å². The molecule has 1 aromatic heterocycles. The number of amides is 1. The molecule has 7 nitrogen and oxygen atoms in total. The maximum atomic E-state index is 13.1. The molecule has 1 amide bonds. The van der Waals surface area contributed by atoms with Crippen LogP contribution in [0, 0.1) is 0 Å². The van der Waals surface area contributed by atoms with Crippen molar-refractivity contribution >= 4 is 33.2 Å². The van der Waals surface area contributed by atoms with Crippen LogP contribution in [-0.2, 0) is 20.0 Å². The Morgan fingerprint density at radius 2 is 1.81 bits per heavy atom. The molecule has 1 aromatic carbocycles. The van der Waals surface area contributed by atoms with Gasteiger partial charge in [0, 0.05) is 23.1 Å². The van der Waals surface area contributed by atoms with Gasteiger partial charge in [0.25, 0.3) is 0 Å². The molecule has 0 saturated heterocycles. The van der Waals surface area contributed by atoms with Crippen molar-refractivity contribution in [2.24, 2.45) is 0 Å². The number of hydrogen-bond acceptors (Lipinski definition) is 6. The lowest BCUT2D eigenvalue weighted by molar-refractivity contribution is -0.118. The lowest BCUT2D eigenvalue weighted by atomic mass is 9.92. The minimum absolute atomic E-state index is 0.0420. The van der Waals surface area contributed by atoms with Crippen LogP contribution in [0.2, 0.25) is 5.02 Å². The van der Waals surface area contributed by atoms with Gasteiger partial charge in [-0.15, -0.1) is 0 Å². The second-order valence-corrected chi connectivity index (χ2v) is 10.3. The van der Waals surface area contributed by atoms with E-state index in [1.54, 1.807) is 6.07 Å². The Morgan fingerprint density at radius 1 is 1.22 bits per heavy atom. The normalized spacial score (nSPS) is 14.6. The summed E-state index contributed by atoms with van der Waals surface area (Å²) in [6.07, 6.45) is -0.288. The summed E-state index contributed by atoms with van der Waals surface area (Å²) in [5, 5.41) is 16.1. The van der Waals surface area contributed by atoms with Gasteiger partial charge in [-0.3, -0.25) is 10.1 Å². The van der Waals surface area contributed by atoms with Crippen LogP contribution in [0.3, 0.4) is 0 Å². The molecule has 0 saturated carbocycles. The first-order valence-corrected chi connectivity index (χ1v) is 10.2. The fraction of sp³-hybridized carbons (Fsp3) is 0.444. The molecule has 0 fully saturated rings. The number of nitrogens with one attached hydrogen (secondary N) is 1. The number of aliphatic hydroxyl groups is 1. The van der Waals surface area contributed by atoms with Crippen LogP contribution >= 0.6 is 11.6 Å². The van der Waals surface area contributed by atoms with E-state index in [0.717, 1.165) is 0 Å². The molecule has 0 bridgehead atoms. The monoisotopic (exact) mass is 414 g/mol. The molecule has 2 aromatic rings. The number of carbonyl (C=O) groups is 1. The SMILES string of the molecule is CC(C)(C)c1cc(NC(=O)C(C)(CCO)S(=O)(=O)c2ccc(Cl)cc2)on1. The highest BCUT2D eigenvalue weighted by molar-refractivity contribution is 7.93. The molecule has 1 heterocycles. The van der Waals surface area contributed by atoms with E-state index in [9.17, 15) is 18.3 Å². The number of nitrogens with zero attached hydrogens (tertiary/aromatic N) is 1. The number of benzene rings is 1. The van der Waals surface area contributed by atoms with E-state index in [-0.39, 0.29) is 22.6 Å². The number of aliphatic hydroxyl groups excluding tert-OH is 1. The Bertz CT molecular complexity index is 916. The van der Waals surface area contributed by atoms with Gasteiger partial charge in [-0.1, -0.05) is 37.5 Å². The van der Waals surface area contributed by atoms with Crippen LogP contribution in [0.25, 0.3) is 0 Å². The first kappa shape index (κ1) is 21.4. The zero-order chi connectivity index (χ0) is 20.5. The van der Waals surface area contributed by atoms with Crippen molar-refractivity contribution in [2.75, 3.05) is 11.9 Å². The Labute approximate surface area is 163 Å². The summed E-state index contributed by atoms with van der Waals surface area (Å²) in [7, 11) is -4.11. The predicted octanol–water partition coefficient (Wildman–Crippen LogP) is 3.18. The topological polar surface area (TPSA) is 110 Å². The number of halogens is 1. The molecule has 0 radical (unpaired) electrons. The van der Waals surface area contributed by atoms with E-state index in [1.807, 2.05) is 20.8 Å². The zero-order valence-corrected chi connectivity index (χ0v) is 17.2. The fourth-order valence-electron chi connectivity index (χ4n) is 2.39. The second-order valence-electron chi connectivity index (χ2n) is 7.44. The summed E-state index contributed by atoms with van der Waals surface area (Å²) >= 11 is 5.81. The predicted molar refractivity (Wildman–Crippen MR) is 103 cm³/mol. The van der Waals surface area contributed by atoms with Crippen molar-refractivity contribution in [2.45, 2.75) is 49.2 Å². The summed E-state index contributed by atoms with van der Waals surface area (Å²) in [6.45, 7) is 6.57. The van der Waals surface area contributed by atoms with Crippen LogP contribution in [0.15, 0.2) is 39.8 Å². The van der Waals surface area contributed by atoms with Crippen molar-refractivity contribution in [3.05, 3.63) is 41.0 Å². The molecule has 27 heavy (non-hydrogen) atoms. The number of aromatic nitrogens is 1. The number of sulfone groups is 1. The van der Waals surface area contributed by atoms with Gasteiger partial charge in [-0.2, -0.15) is 0 Å². The Kier molecular flexibility index (Phi) is 6.03. The van der Waals surface area contributed by atoms with E-state index in [1.165, 1.54) is 31.2 Å². The highest BCUT2D eigenvalue weighted by Crippen LogP contribution is 2.32. The van der Waals surface area contributed by atoms with E-state index in [4.69, 9.17) is 16.1 Å². The highest BCUT2D eigenvalue weighted by atomic mass is 35.5. The van der Waals surface area contributed by atoms with Gasteiger partial charge in [-0.05, 0) is 37.6 Å². The Hall–Kier alpha value is -1.90. The Balaban J connectivity index is 2.37. The van der Waals surface area contributed by atoms with Crippen LogP contribution in [0.1, 0.15) is 39.8 Å². The molecule has 1 unspecified atom stereocenters. The third kappa shape index (κ3) is 4.34. The maximum Gasteiger partial charge on any atom is 0.248 e. The van der Waals surface area contributed by atoms with Crippen molar-refractivity contribution < 1.29 is 22.8 Å². The quantitative estimate of drug-likeness (QED) is 0.751. The molecule has 2 rings (SSSR count). The minimum Gasteiger partial charge on any atom is -0.396 e. The highest BCUT2D eigenvalue weighted by Gasteiger charge is 2.47. The van der Waals surface area contributed by atoms with Crippen LogP contribution in [-0.4, -0.2) is 35.9 Å². The summed E-state index contributed by atoms with van der Waals surface area (Å²) in [6, 6.07) is 7.06. The van der Waals surface area contributed by atoms with Gasteiger partial charge in [0.15, 0.2) is 14.6 Å². The van der Waals surface area contributed by atoms with Gasteiger partial charge < -0.3 is 9.63 Å². The van der Waals surface area contributed by atoms with Crippen LogP contribution < -0.4 is 5.32 Å². The third-order valence-electron chi connectivity index (χ3n) is 4.30. The summed E-state index contributed by atoms with van der Waals surface area (Å²) < 4.78 is 29.4. The van der Waals surface area contributed by atoms with Crippen LogP contribution in [0.4, 0.5) is 5.88 Å². The lowest BCUT2D eigenvalue weighted by Crippen LogP contribution is -2.47. The average Bonchev–Trinajstić information content (AvgIpc) is 3.04. The summed E-state index contributed by atoms with van der Waals surface area (Å²) in [4.78, 5) is 12.8. The maximum absolute atomic E-state index is 13.1. The van der Waals surface area contributed by atoms with Crippen LogP contribution in [0.5, 0.6) is 0 Å². The van der Waals surface area contributed by atoms with E-state index >= 15 is 0 Å². The minimum atomic E-state index is -4.11. The van der Waals surface area contributed by atoms with Gasteiger partial charge in [0.05, 0.1) is 10.6 Å². The summed E-state index contributed by atoms with van der Waals surface area (Å²) in [5.74, 6) is -0.775. The van der Waals surface area contributed by atoms with Gasteiger partial charge in [0.1, 0.15) is 0 Å². The first-order chi connectivity index (χ1) is 12.4. The van der Waals surface area contributed by atoms with Crippen molar-refractivity contribution in [3.63, 3.8) is 0 Å². The number of hydrogen-bond donors (Lipinski definition) is 2. The molecular formula is C18H23ClN2O5S.